The first-order chi connectivity index (χ1) is 21.7. The number of rotatable bonds is 14. The van der Waals surface area contributed by atoms with Gasteiger partial charge in [0.1, 0.15) is 17.7 Å². The van der Waals surface area contributed by atoms with Crippen LogP contribution in [-0.2, 0) is 28.7 Å². The number of hydrogen-bond donors (Lipinski definition) is 2. The molecule has 1 spiro atoms. The maximum Gasteiger partial charge on any atom is 0.313 e. The predicted octanol–water partition coefficient (Wildman–Crippen LogP) is 3.93. The van der Waals surface area contributed by atoms with E-state index in [1.54, 1.807) is 17.1 Å². The molecule has 3 fully saturated rings. The highest BCUT2D eigenvalue weighted by Crippen LogP contribution is 2.61. The van der Waals surface area contributed by atoms with Gasteiger partial charge in [-0.2, -0.15) is 0 Å². The third kappa shape index (κ3) is 6.69. The summed E-state index contributed by atoms with van der Waals surface area (Å²) in [4.78, 5) is 58.7. The highest BCUT2D eigenvalue weighted by atomic mass is 79.9. The molecule has 10 nitrogen and oxygen atoms in total. The monoisotopic (exact) mass is 701 g/mol. The largest absolute Gasteiger partial charge is 0.455 e. The zero-order valence-corrected chi connectivity index (χ0v) is 29.1. The summed E-state index contributed by atoms with van der Waals surface area (Å²) in [5.41, 5.74) is -1.24. The van der Waals surface area contributed by atoms with Crippen LogP contribution in [0.15, 0.2) is 55.6 Å². The second kappa shape index (κ2) is 14.4. The smallest absolute Gasteiger partial charge is 0.313 e. The molecule has 3 aliphatic heterocycles. The molecular formula is C35H48BrN3O7. The molecule has 3 saturated heterocycles. The van der Waals surface area contributed by atoms with Crippen LogP contribution in [0.2, 0.25) is 0 Å². The van der Waals surface area contributed by atoms with E-state index in [-0.39, 0.29) is 48.7 Å². The summed E-state index contributed by atoms with van der Waals surface area (Å²) in [6.45, 7) is 16.9. The minimum atomic E-state index is -1.31. The number of ether oxygens (including phenoxy) is 2. The molecule has 3 amide bonds. The molecule has 252 valence electrons. The highest BCUT2D eigenvalue weighted by Gasteiger charge is 2.78. The summed E-state index contributed by atoms with van der Waals surface area (Å²) >= 11 is 3.71. The molecule has 1 aromatic carbocycles. The molecule has 2 N–H and O–H groups in total. The molecular weight excluding hydrogens is 654 g/mol. The molecule has 1 unspecified atom stereocenters. The fraction of sp³-hybridized carbons (Fsp3) is 0.600. The zero-order valence-electron chi connectivity index (χ0n) is 27.5. The Labute approximate surface area is 280 Å². The maximum absolute atomic E-state index is 14.6. The number of allylic oxidation sites excluding steroid dienone is 1. The van der Waals surface area contributed by atoms with Crippen molar-refractivity contribution in [3.63, 3.8) is 0 Å². The fourth-order valence-electron chi connectivity index (χ4n) is 7.21. The van der Waals surface area contributed by atoms with Gasteiger partial charge in [0, 0.05) is 23.3 Å². The molecule has 46 heavy (non-hydrogen) atoms. The second-order valence-corrected chi connectivity index (χ2v) is 15.0. The molecule has 3 aliphatic rings. The van der Waals surface area contributed by atoms with Gasteiger partial charge in [0.2, 0.25) is 17.7 Å². The molecule has 3 heterocycles. The van der Waals surface area contributed by atoms with Crippen LogP contribution in [0.1, 0.15) is 65.5 Å². The van der Waals surface area contributed by atoms with Crippen LogP contribution in [0.25, 0.3) is 0 Å². The van der Waals surface area contributed by atoms with E-state index in [9.17, 15) is 24.3 Å². The van der Waals surface area contributed by atoms with Gasteiger partial charge in [-0.05, 0) is 45.1 Å². The Kier molecular flexibility index (Phi) is 11.2. The number of halogens is 1. The number of carbonyl (C=O) groups excluding carboxylic acids is 4. The summed E-state index contributed by atoms with van der Waals surface area (Å²) in [6, 6.07) is 7.36. The number of hydrogen-bond acceptors (Lipinski definition) is 7. The topological polar surface area (TPSA) is 125 Å². The van der Waals surface area contributed by atoms with E-state index in [1.165, 1.54) is 4.90 Å². The van der Waals surface area contributed by atoms with E-state index in [0.717, 1.165) is 0 Å². The minimum absolute atomic E-state index is 0.0424. The first-order valence-corrected chi connectivity index (χ1v) is 16.9. The SMILES string of the molecule is C=CCCC(=O)NC[C@@H](OC(=O)[C@H]1[C@@H]2O[C@@]3(CC2Br)[C@@H]1C(=O)N([C@@H](CO)C(C)C)[C@@H]3C(=O)N(CC=C)C(C)(C)C)c1ccccc1. The van der Waals surface area contributed by atoms with Crippen LogP contribution in [0, 0.1) is 17.8 Å². The predicted molar refractivity (Wildman–Crippen MR) is 178 cm³/mol. The van der Waals surface area contributed by atoms with E-state index in [0.29, 0.717) is 18.4 Å². The van der Waals surface area contributed by atoms with Crippen molar-refractivity contribution < 1.29 is 33.8 Å². The molecule has 0 saturated carbocycles. The fourth-order valence-corrected chi connectivity index (χ4v) is 8.15. The van der Waals surface area contributed by atoms with Gasteiger partial charge in [0.05, 0.1) is 37.1 Å². The van der Waals surface area contributed by atoms with E-state index >= 15 is 0 Å². The number of alkyl halides is 1. The third-order valence-electron chi connectivity index (χ3n) is 9.42. The van der Waals surface area contributed by atoms with Crippen LogP contribution in [0.5, 0.6) is 0 Å². The number of esters is 1. The maximum atomic E-state index is 14.6. The second-order valence-electron chi connectivity index (χ2n) is 13.8. The number of amides is 3. The van der Waals surface area contributed by atoms with E-state index in [1.807, 2.05) is 65.0 Å². The molecule has 0 aromatic heterocycles. The van der Waals surface area contributed by atoms with E-state index in [4.69, 9.17) is 9.47 Å². The quantitative estimate of drug-likeness (QED) is 0.171. The lowest BCUT2D eigenvalue weighted by molar-refractivity contribution is -0.161. The molecule has 11 heteroatoms. The Morgan fingerprint density at radius 1 is 1.22 bits per heavy atom. The van der Waals surface area contributed by atoms with Gasteiger partial charge in [-0.25, -0.2) is 0 Å². The number of carbonyl (C=O) groups is 4. The summed E-state index contributed by atoms with van der Waals surface area (Å²) in [5.74, 6) is -3.75. The molecule has 4 rings (SSSR count). The lowest BCUT2D eigenvalue weighted by Crippen LogP contribution is -2.62. The van der Waals surface area contributed by atoms with Crippen LogP contribution < -0.4 is 5.32 Å². The lowest BCUT2D eigenvalue weighted by Gasteiger charge is -2.44. The van der Waals surface area contributed by atoms with Gasteiger partial charge >= 0.3 is 5.97 Å². The molecule has 8 atom stereocenters. The van der Waals surface area contributed by atoms with Gasteiger partial charge in [-0.3, -0.25) is 19.2 Å². The first-order valence-electron chi connectivity index (χ1n) is 16.0. The number of aliphatic hydroxyl groups excluding tert-OH is 1. The number of nitrogens with zero attached hydrogens (tertiary/aromatic N) is 2. The van der Waals surface area contributed by atoms with Gasteiger partial charge in [0.25, 0.3) is 0 Å². The van der Waals surface area contributed by atoms with Gasteiger partial charge in [-0.15, -0.1) is 13.2 Å². The first kappa shape index (κ1) is 35.8. The molecule has 2 bridgehead atoms. The minimum Gasteiger partial charge on any atom is -0.455 e. The summed E-state index contributed by atoms with van der Waals surface area (Å²) in [7, 11) is 0. The van der Waals surface area contributed by atoms with Crippen molar-refractivity contribution in [3.8, 4) is 0 Å². The third-order valence-corrected chi connectivity index (χ3v) is 10.3. The summed E-state index contributed by atoms with van der Waals surface area (Å²) in [6.07, 6.45) is 2.87. The normalized spacial score (nSPS) is 28.0. The van der Waals surface area contributed by atoms with E-state index < -0.39 is 59.1 Å². The lowest BCUT2D eigenvalue weighted by atomic mass is 9.70. The standard InChI is InChI=1S/C35H48BrN3O7/c1-8-10-16-26(41)37-19-25(22-14-12-11-13-15-22)45-33(44)27-28-31(42)39(24(20-40)21(3)4)30(35(28)18-23(36)29(27)46-35)32(43)38(17-9-2)34(5,6)7/h8-9,11-15,21,23-25,27-30,40H,1-2,10,16-20H2,3-7H3,(H,37,41)/t23?,24-,25+,27+,28-,29+,30+,35-/m0/s1. The number of nitrogens with one attached hydrogen (secondary N) is 1. The highest BCUT2D eigenvalue weighted by molar-refractivity contribution is 9.09. The average molecular weight is 703 g/mol. The van der Waals surface area contributed by atoms with Crippen molar-refractivity contribution in [2.75, 3.05) is 19.7 Å². The van der Waals surface area contributed by atoms with Crippen LogP contribution in [0.4, 0.5) is 0 Å². The van der Waals surface area contributed by atoms with Crippen LogP contribution in [0.3, 0.4) is 0 Å². The Balaban J connectivity index is 1.73. The van der Waals surface area contributed by atoms with Crippen molar-refractivity contribution in [1.82, 2.24) is 15.1 Å². The Hall–Kier alpha value is -3.02. The zero-order chi connectivity index (χ0) is 34.0. The summed E-state index contributed by atoms with van der Waals surface area (Å²) in [5, 5.41) is 13.4. The number of fused-ring (bicyclic) bond motifs is 1. The van der Waals surface area contributed by atoms with Crippen molar-refractivity contribution in [3.05, 3.63) is 61.2 Å². The number of likely N-dealkylation sites (tertiary alicyclic amines) is 1. The molecule has 0 aliphatic carbocycles. The average Bonchev–Trinajstić information content (AvgIpc) is 3.60. The number of benzene rings is 1. The van der Waals surface area contributed by atoms with Crippen LogP contribution >= 0.6 is 15.9 Å². The summed E-state index contributed by atoms with van der Waals surface area (Å²) < 4.78 is 12.8. The van der Waals surface area contributed by atoms with Gasteiger partial charge in [0.15, 0.2) is 0 Å². The Bertz CT molecular complexity index is 1310. The van der Waals surface area contributed by atoms with Crippen LogP contribution in [-0.4, -0.2) is 92.4 Å². The van der Waals surface area contributed by atoms with Crippen molar-refractivity contribution >= 4 is 39.6 Å². The Morgan fingerprint density at radius 2 is 1.89 bits per heavy atom. The van der Waals surface area contributed by atoms with Crippen molar-refractivity contribution in [2.24, 2.45) is 17.8 Å². The molecule has 0 radical (unpaired) electrons. The number of aliphatic hydroxyl groups is 1. The van der Waals surface area contributed by atoms with Crippen molar-refractivity contribution in [2.45, 2.75) is 94.1 Å². The van der Waals surface area contributed by atoms with Gasteiger partial charge in [-0.1, -0.05) is 72.3 Å². The van der Waals surface area contributed by atoms with Gasteiger partial charge < -0.3 is 29.7 Å². The van der Waals surface area contributed by atoms with Crippen molar-refractivity contribution in [1.29, 1.82) is 0 Å². The van der Waals surface area contributed by atoms with E-state index in [2.05, 4.69) is 34.4 Å². The molecule has 1 aromatic rings. The Morgan fingerprint density at radius 3 is 2.46 bits per heavy atom.